The van der Waals surface area contributed by atoms with E-state index >= 15 is 0 Å². The van der Waals surface area contributed by atoms with E-state index in [4.69, 9.17) is 0 Å². The summed E-state index contributed by atoms with van der Waals surface area (Å²) in [5.74, 6) is 0. The summed E-state index contributed by atoms with van der Waals surface area (Å²) in [5, 5.41) is 1.46. The Morgan fingerprint density at radius 2 is 2.17 bits per heavy atom. The second-order valence-corrected chi connectivity index (χ2v) is 5.03. The van der Waals surface area contributed by atoms with Gasteiger partial charge in [-0.15, -0.1) is 0 Å². The third-order valence-electron chi connectivity index (χ3n) is 2.06. The van der Waals surface area contributed by atoms with Crippen molar-refractivity contribution in [1.82, 2.24) is 0 Å². The number of rotatable bonds is 2. The molecule has 0 N–H and O–H groups in total. The summed E-state index contributed by atoms with van der Waals surface area (Å²) < 4.78 is 1.54. The molecule has 0 unspecified atom stereocenters. The van der Waals surface area contributed by atoms with Crippen LogP contribution in [0.2, 0.25) is 0 Å². The zero-order valence-electron chi connectivity index (χ0n) is 7.21. The third-order valence-corrected chi connectivity index (χ3v) is 3.94. The van der Waals surface area contributed by atoms with Crippen molar-refractivity contribution in [1.29, 1.82) is 0 Å². The molecule has 0 atom stereocenters. The van der Waals surface area contributed by atoms with Crippen LogP contribution in [0.25, 0.3) is 9.65 Å². The Kier molecular flexibility index (Phi) is 2.34. The van der Waals surface area contributed by atoms with E-state index in [1.807, 2.05) is 0 Å². The molecule has 0 saturated carbocycles. The predicted molar refractivity (Wildman–Crippen MR) is 54.9 cm³/mol. The van der Waals surface area contributed by atoms with Crippen LogP contribution in [0.4, 0.5) is 0 Å². The Hall–Kier alpha value is -0.521. The van der Waals surface area contributed by atoms with Gasteiger partial charge in [0.2, 0.25) is 0 Å². The molecule has 0 amide bonds. The van der Waals surface area contributed by atoms with Crippen molar-refractivity contribution in [2.75, 3.05) is 0 Å². The summed E-state index contributed by atoms with van der Waals surface area (Å²) in [6, 6.07) is 9.16. The van der Waals surface area contributed by atoms with E-state index in [0.29, 0.717) is 14.5 Å². The van der Waals surface area contributed by atoms with Gasteiger partial charge >= 0.3 is 78.7 Å². The minimum atomic E-state index is 0.611. The molecule has 0 bridgehead atoms. The van der Waals surface area contributed by atoms with E-state index in [-0.39, 0.29) is 0 Å². The average Bonchev–Trinajstić information content (AvgIpc) is 2.51. The monoisotopic (exact) mass is 224 g/mol. The fraction of sp³-hybridized carbons (Fsp3) is 0.273. The van der Waals surface area contributed by atoms with Gasteiger partial charge in [0.15, 0.2) is 0 Å². The minimum absolute atomic E-state index is 0.611. The predicted octanol–water partition coefficient (Wildman–Crippen LogP) is 2.85. The van der Waals surface area contributed by atoms with Gasteiger partial charge in [-0.3, -0.25) is 0 Å². The van der Waals surface area contributed by atoms with Crippen molar-refractivity contribution in [3.63, 3.8) is 0 Å². The van der Waals surface area contributed by atoms with Gasteiger partial charge in [-0.2, -0.15) is 0 Å². The van der Waals surface area contributed by atoms with Crippen LogP contribution in [0.3, 0.4) is 0 Å². The zero-order chi connectivity index (χ0) is 8.39. The quantitative estimate of drug-likeness (QED) is 0.687. The summed E-state index contributed by atoms with van der Waals surface area (Å²) in [6.45, 7) is 2.23. The summed E-state index contributed by atoms with van der Waals surface area (Å²) in [6.07, 6.45) is 2.46. The SMILES string of the molecule is CCCc1ccc2[se]ccc2c1. The summed E-state index contributed by atoms with van der Waals surface area (Å²) in [7, 11) is 0. The van der Waals surface area contributed by atoms with Gasteiger partial charge in [-0.1, -0.05) is 0 Å². The zero-order valence-corrected chi connectivity index (χ0v) is 8.92. The van der Waals surface area contributed by atoms with Crippen molar-refractivity contribution < 1.29 is 0 Å². The number of hydrogen-bond donors (Lipinski definition) is 0. The van der Waals surface area contributed by atoms with Crippen LogP contribution in [-0.2, 0) is 6.42 Å². The second-order valence-electron chi connectivity index (χ2n) is 3.04. The van der Waals surface area contributed by atoms with Crippen molar-refractivity contribution in [2.45, 2.75) is 19.8 Å². The van der Waals surface area contributed by atoms with Crippen LogP contribution in [0.15, 0.2) is 29.2 Å². The average molecular weight is 223 g/mol. The second kappa shape index (κ2) is 3.47. The Balaban J connectivity index is 2.46. The normalized spacial score (nSPS) is 10.8. The maximum absolute atomic E-state index is 2.34. The van der Waals surface area contributed by atoms with Crippen LogP contribution in [0.5, 0.6) is 0 Å². The topological polar surface area (TPSA) is 0 Å². The van der Waals surface area contributed by atoms with Gasteiger partial charge in [-0.25, -0.2) is 0 Å². The molecule has 62 valence electrons. The molecule has 0 saturated heterocycles. The number of aryl methyl sites for hydroxylation is 1. The van der Waals surface area contributed by atoms with Crippen LogP contribution >= 0.6 is 0 Å². The fourth-order valence-electron chi connectivity index (χ4n) is 1.46. The summed E-state index contributed by atoms with van der Waals surface area (Å²) >= 11 is 0.611. The number of hydrogen-bond acceptors (Lipinski definition) is 0. The molecule has 2 rings (SSSR count). The molecule has 1 heteroatoms. The van der Waals surface area contributed by atoms with Gasteiger partial charge in [0.25, 0.3) is 0 Å². The molecular formula is C11H12Se. The Bertz CT molecular complexity index is 373. The molecule has 2 aromatic rings. The number of fused-ring (bicyclic) bond motifs is 1. The van der Waals surface area contributed by atoms with Gasteiger partial charge in [-0.05, 0) is 0 Å². The molecule has 0 aliphatic rings. The molecule has 0 spiro atoms. The molecule has 0 radical (unpaired) electrons. The van der Waals surface area contributed by atoms with E-state index in [1.165, 1.54) is 23.8 Å². The van der Waals surface area contributed by atoms with E-state index in [2.05, 4.69) is 36.1 Å². The molecule has 1 heterocycles. The van der Waals surface area contributed by atoms with Crippen molar-refractivity contribution in [3.8, 4) is 0 Å². The van der Waals surface area contributed by atoms with E-state index in [9.17, 15) is 0 Å². The molecular weight excluding hydrogens is 211 g/mol. The van der Waals surface area contributed by atoms with Gasteiger partial charge in [0, 0.05) is 0 Å². The fourth-order valence-corrected chi connectivity index (χ4v) is 3.08. The molecule has 1 aromatic heterocycles. The van der Waals surface area contributed by atoms with Crippen molar-refractivity contribution in [3.05, 3.63) is 34.8 Å². The van der Waals surface area contributed by atoms with E-state index in [0.717, 1.165) is 0 Å². The molecule has 0 fully saturated rings. The molecule has 0 aliphatic carbocycles. The first-order valence-electron chi connectivity index (χ1n) is 4.36. The Morgan fingerprint density at radius 1 is 1.25 bits per heavy atom. The van der Waals surface area contributed by atoms with Crippen LogP contribution in [-0.4, -0.2) is 14.5 Å². The Labute approximate surface area is 79.0 Å². The molecule has 12 heavy (non-hydrogen) atoms. The molecule has 0 nitrogen and oxygen atoms in total. The van der Waals surface area contributed by atoms with E-state index in [1.54, 1.807) is 4.26 Å². The third kappa shape index (κ3) is 1.48. The number of benzene rings is 1. The summed E-state index contributed by atoms with van der Waals surface area (Å²) in [4.78, 5) is 2.30. The summed E-state index contributed by atoms with van der Waals surface area (Å²) in [5.41, 5.74) is 1.48. The van der Waals surface area contributed by atoms with Crippen LogP contribution in [0, 0.1) is 0 Å². The standard InChI is InChI=1S/C11H12Se/c1-2-3-9-4-5-11-10(8-9)6-7-12-11/h4-8H,2-3H2,1H3. The molecule has 0 aliphatic heterocycles. The first-order valence-corrected chi connectivity index (χ1v) is 6.21. The van der Waals surface area contributed by atoms with Crippen LogP contribution < -0.4 is 0 Å². The van der Waals surface area contributed by atoms with E-state index < -0.39 is 0 Å². The van der Waals surface area contributed by atoms with Crippen molar-refractivity contribution in [2.24, 2.45) is 0 Å². The van der Waals surface area contributed by atoms with Crippen molar-refractivity contribution >= 4 is 24.1 Å². The maximum atomic E-state index is 2.34. The van der Waals surface area contributed by atoms with Gasteiger partial charge in [0.1, 0.15) is 0 Å². The van der Waals surface area contributed by atoms with Crippen LogP contribution in [0.1, 0.15) is 18.9 Å². The van der Waals surface area contributed by atoms with Gasteiger partial charge < -0.3 is 0 Å². The molecule has 1 aromatic carbocycles. The van der Waals surface area contributed by atoms with Gasteiger partial charge in [0.05, 0.1) is 0 Å². The first kappa shape index (κ1) is 8.09. The first-order chi connectivity index (χ1) is 5.90. The Morgan fingerprint density at radius 3 is 3.00 bits per heavy atom.